The molecule has 1 amide bonds. The summed E-state index contributed by atoms with van der Waals surface area (Å²) in [6, 6.07) is 5.80. The zero-order chi connectivity index (χ0) is 22.0. The third kappa shape index (κ3) is 4.23. The lowest BCUT2D eigenvalue weighted by atomic mass is 10.1. The van der Waals surface area contributed by atoms with Crippen LogP contribution in [-0.2, 0) is 17.9 Å². The van der Waals surface area contributed by atoms with Gasteiger partial charge in [0.05, 0.1) is 11.0 Å². The second kappa shape index (κ2) is 8.97. The van der Waals surface area contributed by atoms with Crippen molar-refractivity contribution in [2.75, 3.05) is 25.4 Å². The highest BCUT2D eigenvalue weighted by Crippen LogP contribution is 2.32. The highest BCUT2D eigenvalue weighted by Gasteiger charge is 2.24. The minimum atomic E-state index is -0.873. The van der Waals surface area contributed by atoms with Gasteiger partial charge in [-0.2, -0.15) is 0 Å². The van der Waals surface area contributed by atoms with Crippen LogP contribution in [0, 0.1) is 0 Å². The first-order chi connectivity index (χ1) is 15.0. The predicted octanol–water partition coefficient (Wildman–Crippen LogP) is 3.63. The first-order valence-electron chi connectivity index (χ1n) is 10.8. The van der Waals surface area contributed by atoms with Crippen LogP contribution < -0.4 is 10.5 Å². The molecule has 3 N–H and O–H groups in total. The van der Waals surface area contributed by atoms with E-state index < -0.39 is 6.09 Å². The Balaban J connectivity index is 1.70. The van der Waals surface area contributed by atoms with Gasteiger partial charge in [-0.25, -0.2) is 14.8 Å². The number of aromatic nitrogens is 3. The zero-order valence-electron chi connectivity index (χ0n) is 18.0. The Hall–Kier alpha value is -3.07. The molecule has 0 saturated carbocycles. The van der Waals surface area contributed by atoms with E-state index in [1.54, 1.807) is 0 Å². The first kappa shape index (κ1) is 21.2. The van der Waals surface area contributed by atoms with Crippen molar-refractivity contribution in [2.24, 2.45) is 0 Å². The molecule has 9 heteroatoms. The van der Waals surface area contributed by atoms with Crippen molar-refractivity contribution in [3.05, 3.63) is 24.0 Å². The van der Waals surface area contributed by atoms with Gasteiger partial charge in [0.15, 0.2) is 5.82 Å². The van der Waals surface area contributed by atoms with Gasteiger partial charge in [-0.05, 0) is 31.5 Å². The second-order valence-corrected chi connectivity index (χ2v) is 7.78. The number of benzene rings is 1. The van der Waals surface area contributed by atoms with E-state index in [2.05, 4.69) is 16.5 Å². The number of likely N-dealkylation sites (tertiary alicyclic amines) is 1. The number of hydrogen-bond acceptors (Lipinski definition) is 6. The number of nitrogens with two attached hydrogens (primary N) is 1. The third-order valence-corrected chi connectivity index (χ3v) is 5.65. The maximum Gasteiger partial charge on any atom is 0.407 e. The summed E-state index contributed by atoms with van der Waals surface area (Å²) in [7, 11) is 0. The number of amides is 1. The van der Waals surface area contributed by atoms with E-state index in [1.165, 1.54) is 4.90 Å². The average molecular weight is 428 g/mol. The van der Waals surface area contributed by atoms with Crippen molar-refractivity contribution in [2.45, 2.75) is 52.4 Å². The largest absolute Gasteiger partial charge is 0.490 e. The van der Waals surface area contributed by atoms with Gasteiger partial charge in [0, 0.05) is 44.5 Å². The average Bonchev–Trinajstić information content (AvgIpc) is 3.12. The molecule has 166 valence electrons. The molecule has 2 aromatic heterocycles. The summed E-state index contributed by atoms with van der Waals surface area (Å²) in [5, 5.41) is 10.1. The van der Waals surface area contributed by atoms with Crippen LogP contribution in [0.2, 0.25) is 0 Å². The quantitative estimate of drug-likeness (QED) is 0.591. The molecular weight excluding hydrogens is 398 g/mol. The number of rotatable bonds is 7. The van der Waals surface area contributed by atoms with Gasteiger partial charge in [0.2, 0.25) is 0 Å². The number of imidazole rings is 1. The van der Waals surface area contributed by atoms with Crippen LogP contribution in [-0.4, -0.2) is 56.4 Å². The summed E-state index contributed by atoms with van der Waals surface area (Å²) in [5.41, 5.74) is 8.66. The van der Waals surface area contributed by atoms with Crippen LogP contribution >= 0.6 is 0 Å². The molecule has 1 saturated heterocycles. The van der Waals surface area contributed by atoms with Crippen LogP contribution in [0.25, 0.3) is 21.9 Å². The highest BCUT2D eigenvalue weighted by atomic mass is 16.5. The maximum atomic E-state index is 11.1. The van der Waals surface area contributed by atoms with E-state index in [0.29, 0.717) is 50.5 Å². The van der Waals surface area contributed by atoms with Crippen LogP contribution in [0.5, 0.6) is 5.75 Å². The Morgan fingerprint density at radius 1 is 1.26 bits per heavy atom. The Kier molecular flexibility index (Phi) is 6.13. The van der Waals surface area contributed by atoms with E-state index >= 15 is 0 Å². The molecule has 3 heterocycles. The first-order valence-corrected chi connectivity index (χ1v) is 10.8. The summed E-state index contributed by atoms with van der Waals surface area (Å²) in [5.74, 6) is 1.99. The molecule has 31 heavy (non-hydrogen) atoms. The lowest BCUT2D eigenvalue weighted by Gasteiger charge is -2.30. The van der Waals surface area contributed by atoms with Crippen LogP contribution in [0.15, 0.2) is 18.2 Å². The fraction of sp³-hybridized carbons (Fsp3) is 0.500. The zero-order valence-corrected chi connectivity index (χ0v) is 18.0. The van der Waals surface area contributed by atoms with Crippen molar-refractivity contribution in [1.29, 1.82) is 0 Å². The number of fused-ring (bicyclic) bond motifs is 3. The summed E-state index contributed by atoms with van der Waals surface area (Å²) in [6.07, 6.45) is 1.41. The number of carbonyl (C=O) groups is 1. The minimum Gasteiger partial charge on any atom is -0.490 e. The number of carboxylic acid groups (broad SMARTS) is 1. The molecule has 3 aromatic rings. The topological polar surface area (TPSA) is 116 Å². The van der Waals surface area contributed by atoms with E-state index in [4.69, 9.17) is 25.3 Å². The van der Waals surface area contributed by atoms with Gasteiger partial charge in [-0.1, -0.05) is 6.92 Å². The molecule has 9 nitrogen and oxygen atoms in total. The summed E-state index contributed by atoms with van der Waals surface area (Å²) < 4.78 is 14.0. The van der Waals surface area contributed by atoms with Gasteiger partial charge >= 0.3 is 6.09 Å². The molecule has 0 atom stereocenters. The molecule has 1 aromatic carbocycles. The molecular formula is C22H29N5O4. The van der Waals surface area contributed by atoms with Crippen molar-refractivity contribution in [3.63, 3.8) is 0 Å². The van der Waals surface area contributed by atoms with Gasteiger partial charge in [0.1, 0.15) is 29.8 Å². The van der Waals surface area contributed by atoms with Crippen molar-refractivity contribution >= 4 is 33.8 Å². The van der Waals surface area contributed by atoms with E-state index in [-0.39, 0.29) is 6.10 Å². The van der Waals surface area contributed by atoms with E-state index in [9.17, 15) is 4.79 Å². The van der Waals surface area contributed by atoms with Gasteiger partial charge in [0.25, 0.3) is 0 Å². The van der Waals surface area contributed by atoms with Crippen LogP contribution in [0.4, 0.5) is 10.6 Å². The Bertz CT molecular complexity index is 1090. The van der Waals surface area contributed by atoms with Gasteiger partial charge in [-0.15, -0.1) is 0 Å². The lowest BCUT2D eigenvalue weighted by Crippen LogP contribution is -2.41. The predicted molar refractivity (Wildman–Crippen MR) is 118 cm³/mol. The van der Waals surface area contributed by atoms with Crippen molar-refractivity contribution in [3.8, 4) is 5.75 Å². The maximum absolute atomic E-state index is 11.1. The summed E-state index contributed by atoms with van der Waals surface area (Å²) >= 11 is 0. The Morgan fingerprint density at radius 2 is 2.03 bits per heavy atom. The third-order valence-electron chi connectivity index (χ3n) is 5.65. The number of hydrogen-bond donors (Lipinski definition) is 2. The fourth-order valence-corrected chi connectivity index (χ4v) is 4.13. The van der Waals surface area contributed by atoms with Gasteiger partial charge < -0.3 is 29.8 Å². The summed E-state index contributed by atoms with van der Waals surface area (Å²) in [4.78, 5) is 21.8. The molecule has 0 aliphatic carbocycles. The smallest absolute Gasteiger partial charge is 0.407 e. The molecule has 0 bridgehead atoms. The minimum absolute atomic E-state index is 0.0145. The lowest BCUT2D eigenvalue weighted by molar-refractivity contribution is 0.0895. The second-order valence-electron chi connectivity index (χ2n) is 7.78. The number of anilines is 1. The fourth-order valence-electron chi connectivity index (χ4n) is 4.13. The van der Waals surface area contributed by atoms with Crippen molar-refractivity contribution in [1.82, 2.24) is 19.4 Å². The Labute approximate surface area is 180 Å². The molecule has 0 spiro atoms. The SMILES string of the molecule is CCCn1c(COCC)nc2c(N)nc3ccc(OC4CCN(C(=O)O)CC4)cc3c21. The number of pyridine rings is 1. The van der Waals surface area contributed by atoms with E-state index in [1.807, 2.05) is 25.1 Å². The monoisotopic (exact) mass is 427 g/mol. The highest BCUT2D eigenvalue weighted by molar-refractivity contribution is 6.07. The van der Waals surface area contributed by atoms with Crippen molar-refractivity contribution < 1.29 is 19.4 Å². The number of ether oxygens (including phenoxy) is 2. The van der Waals surface area contributed by atoms with Gasteiger partial charge in [-0.3, -0.25) is 0 Å². The summed E-state index contributed by atoms with van der Waals surface area (Å²) in [6.45, 7) is 6.90. The molecule has 0 unspecified atom stereocenters. The Morgan fingerprint density at radius 3 is 2.71 bits per heavy atom. The molecule has 4 rings (SSSR count). The van der Waals surface area contributed by atoms with E-state index in [0.717, 1.165) is 41.0 Å². The number of nitrogens with zero attached hydrogens (tertiary/aromatic N) is 4. The van der Waals surface area contributed by atoms with Crippen LogP contribution in [0.1, 0.15) is 38.9 Å². The molecule has 0 radical (unpaired) electrons. The molecule has 1 aliphatic heterocycles. The standard InChI is InChI=1S/C22H29N5O4/c1-3-9-27-18(13-30-4-2)25-19-20(27)16-12-15(5-6-17(16)24-21(19)23)31-14-7-10-26(11-8-14)22(28)29/h5-6,12,14H,3-4,7-11,13H2,1-2H3,(H2,23,24)(H,28,29). The number of aryl methyl sites for hydroxylation is 1. The van der Waals surface area contributed by atoms with Crippen LogP contribution in [0.3, 0.4) is 0 Å². The number of piperidine rings is 1. The number of nitrogen functional groups attached to an aromatic ring is 1. The molecule has 1 aliphatic rings. The normalized spacial score (nSPS) is 15.1. The molecule has 1 fully saturated rings.